The molecule has 0 fully saturated rings. The molecule has 1 unspecified atom stereocenters. The molecule has 5 nitrogen and oxygen atoms in total. The molecule has 0 saturated heterocycles. The lowest BCUT2D eigenvalue weighted by Crippen LogP contribution is -2.34. The zero-order valence-corrected chi connectivity index (χ0v) is 11.1. The van der Waals surface area contributed by atoms with Crippen LogP contribution in [0.4, 0.5) is 16.2 Å². The molecule has 1 rings (SSSR count). The monoisotopic (exact) mass is 259 g/mol. The molecule has 0 bridgehead atoms. The van der Waals surface area contributed by atoms with Crippen molar-refractivity contribution >= 4 is 23.5 Å². The van der Waals surface area contributed by atoms with Crippen molar-refractivity contribution in [2.75, 3.05) is 29.4 Å². The molecule has 0 aliphatic carbocycles. The second-order valence-electron chi connectivity index (χ2n) is 3.64. The van der Waals surface area contributed by atoms with Gasteiger partial charge in [-0.3, -0.25) is 5.43 Å². The largest absolute Gasteiger partial charge is 0.353 e. The Morgan fingerprint density at radius 1 is 1.65 bits per heavy atom. The number of anilines is 2. The topological polar surface area (TPSA) is 67.1 Å². The Morgan fingerprint density at radius 2 is 2.35 bits per heavy atom. The molecule has 3 N–H and O–H groups in total. The first-order valence-electron chi connectivity index (χ1n) is 5.34. The van der Waals surface area contributed by atoms with E-state index in [0.29, 0.717) is 0 Å². The van der Waals surface area contributed by atoms with Gasteiger partial charge in [0, 0.05) is 18.8 Å². The number of thioether (sulfide) groups is 1. The third-order valence-corrected chi connectivity index (χ3v) is 3.28. The number of nitrogens with one attached hydrogen (secondary N) is 1. The highest BCUT2D eigenvalue weighted by atomic mass is 32.2. The highest BCUT2D eigenvalue weighted by Crippen LogP contribution is 2.20. The Labute approximate surface area is 105 Å². The average molecular weight is 259 g/mol. The van der Waals surface area contributed by atoms with Crippen LogP contribution in [0.1, 0.15) is 13.3 Å². The van der Waals surface area contributed by atoms with Crippen molar-refractivity contribution < 1.29 is 4.39 Å². The molecule has 1 heterocycles. The molecule has 7 heteroatoms. The van der Waals surface area contributed by atoms with E-state index in [9.17, 15) is 4.39 Å². The van der Waals surface area contributed by atoms with Crippen LogP contribution in [0, 0.1) is 5.82 Å². The minimum Gasteiger partial charge on any atom is -0.353 e. The lowest BCUT2D eigenvalue weighted by molar-refractivity contribution is 0.587. The van der Waals surface area contributed by atoms with Gasteiger partial charge in [-0.1, -0.05) is 6.92 Å². The average Bonchev–Trinajstić information content (AvgIpc) is 2.35. The number of nitrogens with two attached hydrogens (primary N) is 1. The smallest absolute Gasteiger partial charge is 0.239 e. The summed E-state index contributed by atoms with van der Waals surface area (Å²) >= 11 is 1.73. The number of nitrogen functional groups attached to an aromatic ring is 1. The fourth-order valence-electron chi connectivity index (χ4n) is 1.54. The molecular formula is C10H18FN5S. The van der Waals surface area contributed by atoms with E-state index in [4.69, 9.17) is 5.84 Å². The molecule has 0 aliphatic rings. The lowest BCUT2D eigenvalue weighted by Gasteiger charge is -2.28. The second-order valence-corrected chi connectivity index (χ2v) is 4.55. The van der Waals surface area contributed by atoms with Crippen LogP contribution in [-0.4, -0.2) is 35.1 Å². The SMILES string of the molecule is CCC(CSC)N(C)c1nc(NN)ncc1F. The predicted octanol–water partition coefficient (Wildman–Crippen LogP) is 1.48. The highest BCUT2D eigenvalue weighted by Gasteiger charge is 2.18. The van der Waals surface area contributed by atoms with Crippen LogP contribution in [0.25, 0.3) is 0 Å². The molecule has 1 aromatic heterocycles. The number of rotatable bonds is 6. The summed E-state index contributed by atoms with van der Waals surface area (Å²) in [4.78, 5) is 9.58. The van der Waals surface area contributed by atoms with Crippen molar-refractivity contribution in [3.05, 3.63) is 12.0 Å². The molecule has 1 aromatic rings. The van der Waals surface area contributed by atoms with E-state index in [2.05, 4.69) is 22.3 Å². The van der Waals surface area contributed by atoms with E-state index in [1.807, 2.05) is 18.2 Å². The maximum Gasteiger partial charge on any atom is 0.239 e. The number of halogens is 1. The quantitative estimate of drug-likeness (QED) is 0.596. The van der Waals surface area contributed by atoms with Crippen LogP contribution < -0.4 is 16.2 Å². The molecule has 96 valence electrons. The summed E-state index contributed by atoms with van der Waals surface area (Å²) in [5.41, 5.74) is 2.32. The van der Waals surface area contributed by atoms with Gasteiger partial charge in [-0.15, -0.1) is 0 Å². The third kappa shape index (κ3) is 3.44. The first kappa shape index (κ1) is 14.0. The molecule has 0 radical (unpaired) electrons. The van der Waals surface area contributed by atoms with Gasteiger partial charge in [0.05, 0.1) is 6.20 Å². The number of aromatic nitrogens is 2. The third-order valence-electron chi connectivity index (χ3n) is 2.57. The van der Waals surface area contributed by atoms with E-state index < -0.39 is 5.82 Å². The zero-order valence-electron chi connectivity index (χ0n) is 10.3. The Balaban J connectivity index is 2.96. The highest BCUT2D eigenvalue weighted by molar-refractivity contribution is 7.98. The van der Waals surface area contributed by atoms with Crippen molar-refractivity contribution in [1.29, 1.82) is 0 Å². The summed E-state index contributed by atoms with van der Waals surface area (Å²) in [5, 5.41) is 0. The van der Waals surface area contributed by atoms with Crippen LogP contribution >= 0.6 is 11.8 Å². The van der Waals surface area contributed by atoms with Gasteiger partial charge in [0.25, 0.3) is 0 Å². The van der Waals surface area contributed by atoms with Gasteiger partial charge < -0.3 is 4.90 Å². The van der Waals surface area contributed by atoms with Crippen molar-refractivity contribution in [3.63, 3.8) is 0 Å². The van der Waals surface area contributed by atoms with Crippen molar-refractivity contribution in [2.45, 2.75) is 19.4 Å². The Morgan fingerprint density at radius 3 is 2.88 bits per heavy atom. The first-order chi connectivity index (χ1) is 8.13. The van der Waals surface area contributed by atoms with Crippen LogP contribution in [0.5, 0.6) is 0 Å². The molecule has 17 heavy (non-hydrogen) atoms. The number of hydrogen-bond acceptors (Lipinski definition) is 6. The number of hydrazine groups is 1. The van der Waals surface area contributed by atoms with Gasteiger partial charge in [-0.2, -0.15) is 16.7 Å². The maximum atomic E-state index is 13.7. The summed E-state index contributed by atoms with van der Waals surface area (Å²) in [6.45, 7) is 2.07. The number of nitrogens with zero attached hydrogens (tertiary/aromatic N) is 3. The summed E-state index contributed by atoms with van der Waals surface area (Å²) in [7, 11) is 1.83. The van der Waals surface area contributed by atoms with Crippen LogP contribution in [-0.2, 0) is 0 Å². The van der Waals surface area contributed by atoms with E-state index >= 15 is 0 Å². The standard InChI is InChI=1S/C10H18FN5S/c1-4-7(6-17-3)16(2)9-8(11)5-13-10(14-9)15-12/h5,7H,4,6,12H2,1-3H3,(H,13,14,15). The normalized spacial score (nSPS) is 12.3. The van der Waals surface area contributed by atoms with Gasteiger partial charge in [-0.25, -0.2) is 15.2 Å². The Bertz CT molecular complexity index is 363. The molecule has 0 saturated carbocycles. The minimum atomic E-state index is -0.439. The van der Waals surface area contributed by atoms with Crippen molar-refractivity contribution in [1.82, 2.24) is 9.97 Å². The molecule has 0 aliphatic heterocycles. The maximum absolute atomic E-state index is 13.7. The minimum absolute atomic E-state index is 0.215. The van der Waals surface area contributed by atoms with Gasteiger partial charge in [0.1, 0.15) is 0 Å². The molecular weight excluding hydrogens is 241 g/mol. The van der Waals surface area contributed by atoms with Crippen LogP contribution in [0.2, 0.25) is 0 Å². The van der Waals surface area contributed by atoms with E-state index in [-0.39, 0.29) is 17.8 Å². The van der Waals surface area contributed by atoms with Gasteiger partial charge in [0.15, 0.2) is 11.6 Å². The second kappa shape index (κ2) is 6.61. The number of hydrogen-bond donors (Lipinski definition) is 2. The van der Waals surface area contributed by atoms with Gasteiger partial charge in [0.2, 0.25) is 5.95 Å². The first-order valence-corrected chi connectivity index (χ1v) is 6.74. The van der Waals surface area contributed by atoms with Crippen molar-refractivity contribution in [2.24, 2.45) is 5.84 Å². The molecule has 0 amide bonds. The van der Waals surface area contributed by atoms with E-state index in [1.165, 1.54) is 0 Å². The fraction of sp³-hybridized carbons (Fsp3) is 0.600. The summed E-state index contributed by atoms with van der Waals surface area (Å²) in [5.74, 6) is 6.18. The van der Waals surface area contributed by atoms with Gasteiger partial charge >= 0.3 is 0 Å². The summed E-state index contributed by atoms with van der Waals surface area (Å²) in [6.07, 6.45) is 4.08. The molecule has 0 spiro atoms. The lowest BCUT2D eigenvalue weighted by atomic mass is 10.2. The van der Waals surface area contributed by atoms with Crippen LogP contribution in [0.15, 0.2) is 6.20 Å². The van der Waals surface area contributed by atoms with E-state index in [1.54, 1.807) is 11.8 Å². The van der Waals surface area contributed by atoms with Gasteiger partial charge in [-0.05, 0) is 12.7 Å². The molecule has 1 atom stereocenters. The summed E-state index contributed by atoms with van der Waals surface area (Å²) in [6, 6.07) is 0.236. The van der Waals surface area contributed by atoms with Crippen LogP contribution in [0.3, 0.4) is 0 Å². The Kier molecular flexibility index (Phi) is 5.43. The zero-order chi connectivity index (χ0) is 12.8. The fourth-order valence-corrected chi connectivity index (χ4v) is 2.39. The molecule has 0 aromatic carbocycles. The van der Waals surface area contributed by atoms with E-state index in [0.717, 1.165) is 18.4 Å². The van der Waals surface area contributed by atoms with Crippen molar-refractivity contribution in [3.8, 4) is 0 Å². The predicted molar refractivity (Wildman–Crippen MR) is 70.7 cm³/mol. The Hall–Kier alpha value is -1.08. The summed E-state index contributed by atoms with van der Waals surface area (Å²) < 4.78 is 13.7.